The standard InChI is InChI=1S/C2H4O.Al.Ni.O.3H/c1-2-3;;;;;;/h2H,1H3;;;;;;. The summed E-state index contributed by atoms with van der Waals surface area (Å²) in [5.41, 5.74) is 0. The van der Waals surface area contributed by atoms with E-state index in [0.717, 1.165) is 6.29 Å². The van der Waals surface area contributed by atoms with Gasteiger partial charge in [-0.25, -0.2) is 0 Å². The molecule has 40 valence electrons. The van der Waals surface area contributed by atoms with Crippen LogP contribution in [0.2, 0.25) is 0 Å². The van der Waals surface area contributed by atoms with Gasteiger partial charge in [0.05, 0.1) is 0 Å². The average molecular weight is 149 g/mol. The Kier molecular flexibility index (Phi) is 133. The second-order valence-corrected chi connectivity index (χ2v) is 0.236. The molecule has 0 aromatic heterocycles. The molecular formula is C2H7AlNiO2. The van der Waals surface area contributed by atoms with Crippen LogP contribution in [0.15, 0.2) is 0 Å². The van der Waals surface area contributed by atoms with E-state index in [-0.39, 0.29) is 17.4 Å². The topological polar surface area (TPSA) is 34.1 Å². The Morgan fingerprint density at radius 2 is 1.50 bits per heavy atom. The van der Waals surface area contributed by atoms with Gasteiger partial charge >= 0.3 is 19.3 Å². The number of carbonyl (C=O) groups excluding carboxylic acids is 1. The molecule has 0 aromatic carbocycles. The average Bonchev–Trinajstić information content (AvgIpc) is 1.46. The van der Waals surface area contributed by atoms with Crippen LogP contribution in [0, 0.1) is 0 Å². The fourth-order valence-electron chi connectivity index (χ4n) is 0. The van der Waals surface area contributed by atoms with Gasteiger partial charge in [0, 0.05) is 0 Å². The van der Waals surface area contributed by atoms with Gasteiger partial charge in [-0.05, 0) is 6.92 Å². The van der Waals surface area contributed by atoms with E-state index in [1.807, 2.05) is 0 Å². The summed E-state index contributed by atoms with van der Waals surface area (Å²) in [6, 6.07) is 0. The molecule has 0 aromatic rings. The van der Waals surface area contributed by atoms with Gasteiger partial charge < -0.3 is 4.79 Å². The Balaban J connectivity index is -0.0000000275. The zero-order chi connectivity index (χ0) is 4.71. The molecule has 0 heterocycles. The van der Waals surface area contributed by atoms with Crippen LogP contribution in [0.25, 0.3) is 0 Å². The van der Waals surface area contributed by atoms with Crippen molar-refractivity contribution >= 4 is 23.6 Å². The van der Waals surface area contributed by atoms with Crippen molar-refractivity contribution in [3.05, 3.63) is 0 Å². The summed E-state index contributed by atoms with van der Waals surface area (Å²) in [6.07, 6.45) is 0.750. The van der Waals surface area contributed by atoms with Crippen molar-refractivity contribution in [2.45, 2.75) is 6.92 Å². The third-order valence-electron chi connectivity index (χ3n) is 0. The number of hydrogen-bond acceptors (Lipinski definition) is 2. The molecule has 0 bridgehead atoms. The van der Waals surface area contributed by atoms with E-state index in [4.69, 9.17) is 8.69 Å². The van der Waals surface area contributed by atoms with Crippen LogP contribution >= 0.6 is 0 Å². The van der Waals surface area contributed by atoms with Gasteiger partial charge in [0.15, 0.2) is 17.4 Å². The van der Waals surface area contributed by atoms with Crippen LogP contribution < -0.4 is 0 Å². The van der Waals surface area contributed by atoms with Crippen molar-refractivity contribution in [3.63, 3.8) is 0 Å². The fraction of sp³-hybridized carbons (Fsp3) is 0.500. The Morgan fingerprint density at radius 1 is 1.50 bits per heavy atom. The van der Waals surface area contributed by atoms with E-state index in [1.54, 1.807) is 0 Å². The molecule has 0 unspecified atom stereocenters. The number of hydrogen-bond donors (Lipinski definition) is 0. The second kappa shape index (κ2) is 49.6. The van der Waals surface area contributed by atoms with Crippen LogP contribution in [0.3, 0.4) is 0 Å². The third-order valence-corrected chi connectivity index (χ3v) is 0. The van der Waals surface area contributed by atoms with Crippen molar-refractivity contribution in [1.82, 2.24) is 0 Å². The molecule has 2 nitrogen and oxygen atoms in total. The monoisotopic (exact) mass is 148 g/mol. The Labute approximate surface area is 55.0 Å². The molecule has 0 fully saturated rings. The molecule has 4 heteroatoms. The van der Waals surface area contributed by atoms with E-state index in [0.29, 0.717) is 0 Å². The van der Waals surface area contributed by atoms with Gasteiger partial charge in [-0.15, -0.1) is 0 Å². The molecule has 0 aliphatic rings. The van der Waals surface area contributed by atoms with Crippen LogP contribution in [-0.2, 0) is 24.1 Å². The first-order chi connectivity index (χ1) is 2.41. The van der Waals surface area contributed by atoms with Crippen LogP contribution in [0.1, 0.15) is 6.92 Å². The summed E-state index contributed by atoms with van der Waals surface area (Å²) in [5, 5.41) is 0. The van der Waals surface area contributed by atoms with Gasteiger partial charge in [0.2, 0.25) is 0 Å². The van der Waals surface area contributed by atoms with Crippen LogP contribution in [0.5, 0.6) is 0 Å². The molecule has 0 amide bonds. The van der Waals surface area contributed by atoms with Gasteiger partial charge in [0.1, 0.15) is 6.29 Å². The van der Waals surface area contributed by atoms with Gasteiger partial charge in [-0.3, -0.25) is 0 Å². The summed E-state index contributed by atoms with van der Waals surface area (Å²) in [6.45, 7) is 1.44. The van der Waals surface area contributed by atoms with Crippen molar-refractivity contribution in [2.24, 2.45) is 0 Å². The molecule has 0 radical (unpaired) electrons. The summed E-state index contributed by atoms with van der Waals surface area (Å²) < 4.78 is 7.88. The van der Waals surface area contributed by atoms with Crippen molar-refractivity contribution in [2.75, 3.05) is 0 Å². The quantitative estimate of drug-likeness (QED) is 0.323. The maximum atomic E-state index is 8.81. The third kappa shape index (κ3) is 223. The fourth-order valence-corrected chi connectivity index (χ4v) is 0. The van der Waals surface area contributed by atoms with Gasteiger partial charge in [-0.2, -0.15) is 0 Å². The molecule has 0 aliphatic heterocycles. The zero-order valence-electron chi connectivity index (χ0n) is 2.71. The maximum absolute atomic E-state index is 8.81. The molecule has 0 spiro atoms. The summed E-state index contributed by atoms with van der Waals surface area (Å²) in [4.78, 5) is 8.81. The van der Waals surface area contributed by atoms with E-state index < -0.39 is 0 Å². The van der Waals surface area contributed by atoms with Crippen molar-refractivity contribution in [3.8, 4) is 0 Å². The van der Waals surface area contributed by atoms with Crippen LogP contribution in [0.4, 0.5) is 0 Å². The molecular weight excluding hydrogens is 142 g/mol. The first-order valence-electron chi connectivity index (χ1n) is 0.942. The minimum atomic E-state index is 0. The predicted octanol–water partition coefficient (Wildman–Crippen LogP) is -1.10. The van der Waals surface area contributed by atoms with E-state index in [9.17, 15) is 0 Å². The normalized spacial score (nSPS) is 3.17. The molecule has 0 aliphatic carbocycles. The first kappa shape index (κ1) is 16.1. The molecule has 6 heavy (non-hydrogen) atoms. The first-order valence-corrected chi connectivity index (χ1v) is 1.35. The summed E-state index contributed by atoms with van der Waals surface area (Å²) in [5.74, 6) is 0. The van der Waals surface area contributed by atoms with E-state index in [1.165, 1.54) is 6.92 Å². The molecule has 0 rings (SSSR count). The Hall–Kier alpha value is 0.496. The second-order valence-electron chi connectivity index (χ2n) is 0.236. The number of aldehydes is 1. The predicted molar refractivity (Wildman–Crippen MR) is 22.4 cm³/mol. The zero-order valence-corrected chi connectivity index (χ0v) is 3.70. The van der Waals surface area contributed by atoms with Crippen molar-refractivity contribution < 1.29 is 24.1 Å². The molecule has 0 saturated heterocycles. The SMILES string of the molecule is CC=O.[AlH3].[O]=[Ni]. The molecule has 0 atom stereocenters. The van der Waals surface area contributed by atoms with E-state index >= 15 is 0 Å². The Morgan fingerprint density at radius 3 is 1.50 bits per heavy atom. The van der Waals surface area contributed by atoms with Gasteiger partial charge in [0.25, 0.3) is 0 Å². The number of carbonyl (C=O) groups is 1. The summed E-state index contributed by atoms with van der Waals surface area (Å²) >= 11 is 2.62. The molecule has 0 saturated carbocycles. The Bertz CT molecular complexity index is 25.5. The molecule has 0 N–H and O–H groups in total. The van der Waals surface area contributed by atoms with Crippen molar-refractivity contribution in [1.29, 1.82) is 0 Å². The summed E-state index contributed by atoms with van der Waals surface area (Å²) in [7, 11) is 0. The minimum absolute atomic E-state index is 0. The van der Waals surface area contributed by atoms with Crippen LogP contribution in [-0.4, -0.2) is 23.6 Å². The van der Waals surface area contributed by atoms with E-state index in [2.05, 4.69) is 15.4 Å². The number of rotatable bonds is 0. The van der Waals surface area contributed by atoms with Gasteiger partial charge in [-0.1, -0.05) is 0 Å².